The van der Waals surface area contributed by atoms with Crippen LogP contribution in [-0.2, 0) is 0 Å². The number of hydrogen-bond donors (Lipinski definition) is 4. The van der Waals surface area contributed by atoms with Crippen LogP contribution in [0.15, 0.2) is 5.16 Å². The zero-order chi connectivity index (χ0) is 11.1. The van der Waals surface area contributed by atoms with Crippen molar-refractivity contribution in [1.82, 2.24) is 10.6 Å². The van der Waals surface area contributed by atoms with Crippen LogP contribution in [0, 0.1) is 0 Å². The normalized spacial score (nSPS) is 16.9. The third-order valence-corrected chi connectivity index (χ3v) is 2.46. The van der Waals surface area contributed by atoms with Crippen LogP contribution in [0.3, 0.4) is 0 Å². The van der Waals surface area contributed by atoms with Gasteiger partial charge in [-0.1, -0.05) is 5.16 Å². The van der Waals surface area contributed by atoms with E-state index in [2.05, 4.69) is 15.8 Å². The largest absolute Gasteiger partial charge is 0.409 e. The van der Waals surface area contributed by atoms with Crippen LogP contribution < -0.4 is 16.4 Å². The van der Waals surface area contributed by atoms with Crippen molar-refractivity contribution in [3.63, 3.8) is 0 Å². The number of carbonyl (C=O) groups is 1. The molecule has 1 rings (SSSR count). The summed E-state index contributed by atoms with van der Waals surface area (Å²) in [5, 5.41) is 16.7. The molecule has 1 saturated carbocycles. The second kappa shape index (κ2) is 6.10. The SMILES string of the molecule is NC(CCCNC(=O)NC1CCC1)=NO. The molecule has 1 fully saturated rings. The van der Waals surface area contributed by atoms with E-state index in [1.807, 2.05) is 0 Å². The molecule has 5 N–H and O–H groups in total. The minimum Gasteiger partial charge on any atom is -0.409 e. The topological polar surface area (TPSA) is 99.7 Å². The Labute approximate surface area is 88.9 Å². The number of nitrogens with one attached hydrogen (secondary N) is 2. The van der Waals surface area contributed by atoms with E-state index in [9.17, 15) is 4.79 Å². The molecular formula is C9H18N4O2. The van der Waals surface area contributed by atoms with Gasteiger partial charge in [0.15, 0.2) is 0 Å². The third kappa shape index (κ3) is 4.53. The van der Waals surface area contributed by atoms with E-state index in [4.69, 9.17) is 10.9 Å². The maximum Gasteiger partial charge on any atom is 0.315 e. The van der Waals surface area contributed by atoms with Crippen molar-refractivity contribution in [2.24, 2.45) is 10.9 Å². The van der Waals surface area contributed by atoms with Gasteiger partial charge in [-0.3, -0.25) is 0 Å². The van der Waals surface area contributed by atoms with Crippen molar-refractivity contribution in [3.05, 3.63) is 0 Å². The summed E-state index contributed by atoms with van der Waals surface area (Å²) in [4.78, 5) is 11.2. The molecule has 0 radical (unpaired) electrons. The lowest BCUT2D eigenvalue weighted by atomic mass is 9.93. The molecule has 0 heterocycles. The number of nitrogens with two attached hydrogens (primary N) is 1. The summed E-state index contributed by atoms with van der Waals surface area (Å²) < 4.78 is 0. The van der Waals surface area contributed by atoms with Gasteiger partial charge in [-0.15, -0.1) is 0 Å². The molecule has 86 valence electrons. The lowest BCUT2D eigenvalue weighted by Crippen LogP contribution is -2.45. The number of hydrogen-bond acceptors (Lipinski definition) is 3. The lowest BCUT2D eigenvalue weighted by Gasteiger charge is -2.26. The third-order valence-electron chi connectivity index (χ3n) is 2.46. The lowest BCUT2D eigenvalue weighted by molar-refractivity contribution is 0.228. The van der Waals surface area contributed by atoms with E-state index in [1.165, 1.54) is 6.42 Å². The van der Waals surface area contributed by atoms with Gasteiger partial charge < -0.3 is 21.6 Å². The number of oxime groups is 1. The predicted molar refractivity (Wildman–Crippen MR) is 56.8 cm³/mol. The Balaban J connectivity index is 1.96. The van der Waals surface area contributed by atoms with Gasteiger partial charge in [0.25, 0.3) is 0 Å². The number of amides is 2. The molecule has 0 aromatic carbocycles. The second-order valence-electron chi connectivity index (χ2n) is 3.72. The van der Waals surface area contributed by atoms with Crippen molar-refractivity contribution in [1.29, 1.82) is 0 Å². The van der Waals surface area contributed by atoms with Gasteiger partial charge in [0.1, 0.15) is 5.84 Å². The first-order valence-electron chi connectivity index (χ1n) is 5.23. The fourth-order valence-electron chi connectivity index (χ4n) is 1.31. The average Bonchev–Trinajstić information content (AvgIpc) is 2.18. The maximum absolute atomic E-state index is 11.2. The van der Waals surface area contributed by atoms with E-state index in [-0.39, 0.29) is 11.9 Å². The molecule has 1 aliphatic carbocycles. The average molecular weight is 214 g/mol. The van der Waals surface area contributed by atoms with E-state index < -0.39 is 0 Å². The second-order valence-corrected chi connectivity index (χ2v) is 3.72. The van der Waals surface area contributed by atoms with E-state index in [1.54, 1.807) is 0 Å². The highest BCUT2D eigenvalue weighted by Crippen LogP contribution is 2.17. The van der Waals surface area contributed by atoms with Crippen LogP contribution in [0.1, 0.15) is 32.1 Å². The monoisotopic (exact) mass is 214 g/mol. The maximum atomic E-state index is 11.2. The van der Waals surface area contributed by atoms with Crippen molar-refractivity contribution >= 4 is 11.9 Å². The number of amidine groups is 1. The Bertz CT molecular complexity index is 238. The Hall–Kier alpha value is -1.46. The Morgan fingerprint density at radius 3 is 2.80 bits per heavy atom. The molecule has 1 aliphatic rings. The first kappa shape index (κ1) is 11.6. The number of nitrogens with zero attached hydrogens (tertiary/aromatic N) is 1. The van der Waals surface area contributed by atoms with Crippen LogP contribution >= 0.6 is 0 Å². The first-order valence-corrected chi connectivity index (χ1v) is 5.23. The van der Waals surface area contributed by atoms with Gasteiger partial charge in [0, 0.05) is 19.0 Å². The molecule has 0 aromatic heterocycles. The fourth-order valence-corrected chi connectivity index (χ4v) is 1.31. The summed E-state index contributed by atoms with van der Waals surface area (Å²) in [7, 11) is 0. The van der Waals surface area contributed by atoms with Gasteiger partial charge in [0.2, 0.25) is 0 Å². The Morgan fingerprint density at radius 2 is 2.27 bits per heavy atom. The fraction of sp³-hybridized carbons (Fsp3) is 0.778. The predicted octanol–water partition coefficient (Wildman–Crippen LogP) is 0.365. The standard InChI is InChI=1S/C9H18N4O2/c10-8(13-15)5-2-6-11-9(14)12-7-3-1-4-7/h7,15H,1-6H2,(H2,10,13)(H2,11,12,14). The molecule has 15 heavy (non-hydrogen) atoms. The minimum atomic E-state index is -0.126. The molecule has 6 heteroatoms. The smallest absolute Gasteiger partial charge is 0.315 e. The number of urea groups is 1. The summed E-state index contributed by atoms with van der Waals surface area (Å²) in [5.74, 6) is 0.191. The van der Waals surface area contributed by atoms with Gasteiger partial charge in [-0.2, -0.15) is 0 Å². The Morgan fingerprint density at radius 1 is 1.53 bits per heavy atom. The van der Waals surface area contributed by atoms with E-state index in [0.717, 1.165) is 12.8 Å². The zero-order valence-electron chi connectivity index (χ0n) is 8.70. The zero-order valence-corrected chi connectivity index (χ0v) is 8.70. The molecular weight excluding hydrogens is 196 g/mol. The van der Waals surface area contributed by atoms with Crippen LogP contribution in [-0.4, -0.2) is 29.7 Å². The summed E-state index contributed by atoms with van der Waals surface area (Å²) in [5.41, 5.74) is 5.27. The Kier molecular flexibility index (Phi) is 4.73. The van der Waals surface area contributed by atoms with Gasteiger partial charge in [0.05, 0.1) is 0 Å². The van der Waals surface area contributed by atoms with Crippen molar-refractivity contribution in [2.45, 2.75) is 38.1 Å². The molecule has 0 bridgehead atoms. The van der Waals surface area contributed by atoms with E-state index in [0.29, 0.717) is 25.4 Å². The molecule has 0 saturated heterocycles. The quantitative estimate of drug-likeness (QED) is 0.175. The minimum absolute atomic E-state index is 0.126. The molecule has 2 amide bonds. The van der Waals surface area contributed by atoms with Crippen LogP contribution in [0.2, 0.25) is 0 Å². The molecule has 6 nitrogen and oxygen atoms in total. The molecule has 0 spiro atoms. The number of rotatable bonds is 5. The highest BCUT2D eigenvalue weighted by atomic mass is 16.4. The van der Waals surface area contributed by atoms with Gasteiger partial charge in [-0.25, -0.2) is 4.79 Å². The molecule has 0 aromatic rings. The highest BCUT2D eigenvalue weighted by Gasteiger charge is 2.18. The van der Waals surface area contributed by atoms with Crippen LogP contribution in [0.25, 0.3) is 0 Å². The van der Waals surface area contributed by atoms with Crippen molar-refractivity contribution in [2.75, 3.05) is 6.54 Å². The molecule has 0 aliphatic heterocycles. The van der Waals surface area contributed by atoms with E-state index >= 15 is 0 Å². The van der Waals surface area contributed by atoms with Crippen molar-refractivity contribution in [3.8, 4) is 0 Å². The van der Waals surface area contributed by atoms with Gasteiger partial charge >= 0.3 is 6.03 Å². The first-order chi connectivity index (χ1) is 7.22. The summed E-state index contributed by atoms with van der Waals surface area (Å²) in [6.07, 6.45) is 4.53. The number of carbonyl (C=O) groups excluding carboxylic acids is 1. The van der Waals surface area contributed by atoms with Crippen LogP contribution in [0.5, 0.6) is 0 Å². The molecule has 0 unspecified atom stereocenters. The summed E-state index contributed by atoms with van der Waals surface area (Å²) >= 11 is 0. The van der Waals surface area contributed by atoms with Crippen molar-refractivity contribution < 1.29 is 10.0 Å². The van der Waals surface area contributed by atoms with Gasteiger partial charge in [-0.05, 0) is 25.7 Å². The summed E-state index contributed by atoms with van der Waals surface area (Å²) in [6.45, 7) is 0.536. The highest BCUT2D eigenvalue weighted by molar-refractivity contribution is 5.79. The summed E-state index contributed by atoms with van der Waals surface area (Å²) in [6, 6.07) is 0.230. The molecule has 0 atom stereocenters. The van der Waals surface area contributed by atoms with Crippen LogP contribution in [0.4, 0.5) is 4.79 Å².